The minimum absolute atomic E-state index is 0.208. The fraction of sp³-hybridized carbons (Fsp3) is 0.214. The molecule has 0 saturated carbocycles. The maximum Gasteiger partial charge on any atom is 0.231 e. The van der Waals surface area contributed by atoms with Crippen molar-refractivity contribution in [1.29, 1.82) is 0 Å². The summed E-state index contributed by atoms with van der Waals surface area (Å²) in [5.41, 5.74) is 2.85. The highest BCUT2D eigenvalue weighted by Crippen LogP contribution is 2.40. The number of rotatable bonds is 3. The average molecular weight is 311 g/mol. The van der Waals surface area contributed by atoms with Crippen LogP contribution in [0.5, 0.6) is 11.5 Å². The largest absolute Gasteiger partial charge is 0.454 e. The van der Waals surface area contributed by atoms with E-state index in [4.69, 9.17) is 32.7 Å². The number of hydrogen-bond donors (Lipinski definition) is 1. The molecule has 1 N–H and O–H groups in total. The van der Waals surface area contributed by atoms with Gasteiger partial charge in [0.2, 0.25) is 6.79 Å². The number of anilines is 1. The quantitative estimate of drug-likeness (QED) is 0.869. The van der Waals surface area contributed by atoms with Gasteiger partial charge >= 0.3 is 0 Å². The molecule has 1 aromatic heterocycles. The maximum atomic E-state index is 6.15. The lowest BCUT2D eigenvalue weighted by atomic mass is 10.2. The van der Waals surface area contributed by atoms with Crippen LogP contribution in [0, 0.1) is 6.92 Å². The van der Waals surface area contributed by atoms with E-state index in [9.17, 15) is 0 Å². The number of ether oxygens (including phenoxy) is 2. The minimum Gasteiger partial charge on any atom is -0.454 e. The van der Waals surface area contributed by atoms with Gasteiger partial charge in [-0.15, -0.1) is 0 Å². The maximum absolute atomic E-state index is 6.15. The molecule has 0 atom stereocenters. The Morgan fingerprint density at radius 1 is 1.30 bits per heavy atom. The third kappa shape index (κ3) is 2.49. The zero-order valence-electron chi connectivity index (χ0n) is 10.7. The molecule has 1 aliphatic heterocycles. The molecule has 20 heavy (non-hydrogen) atoms. The van der Waals surface area contributed by atoms with E-state index in [0.717, 1.165) is 16.8 Å². The van der Waals surface area contributed by atoms with Crippen LogP contribution in [-0.4, -0.2) is 11.8 Å². The summed E-state index contributed by atoms with van der Waals surface area (Å²) in [7, 11) is 0. The molecule has 0 radical (unpaired) electrons. The molecular formula is C14H12Cl2N2O2. The van der Waals surface area contributed by atoms with E-state index in [2.05, 4.69) is 10.3 Å². The normalized spacial score (nSPS) is 12.6. The Kier molecular flexibility index (Phi) is 3.59. The van der Waals surface area contributed by atoms with Crippen LogP contribution in [0.2, 0.25) is 10.2 Å². The SMILES string of the molecule is Cc1ccnc(Cl)c1NCc1cc(Cl)c2c(c1)OCO2. The number of aryl methyl sites for hydroxylation is 1. The van der Waals surface area contributed by atoms with Gasteiger partial charge < -0.3 is 14.8 Å². The first-order valence-electron chi connectivity index (χ1n) is 6.08. The first-order chi connectivity index (χ1) is 9.65. The van der Waals surface area contributed by atoms with Crippen molar-refractivity contribution in [1.82, 2.24) is 4.98 Å². The second-order valence-corrected chi connectivity index (χ2v) is 5.22. The molecule has 0 saturated heterocycles. The van der Waals surface area contributed by atoms with Crippen molar-refractivity contribution in [2.45, 2.75) is 13.5 Å². The topological polar surface area (TPSA) is 43.4 Å². The van der Waals surface area contributed by atoms with E-state index < -0.39 is 0 Å². The first-order valence-corrected chi connectivity index (χ1v) is 6.84. The molecule has 2 aromatic rings. The van der Waals surface area contributed by atoms with Crippen molar-refractivity contribution in [3.63, 3.8) is 0 Å². The van der Waals surface area contributed by atoms with Crippen LogP contribution in [0.4, 0.5) is 5.69 Å². The van der Waals surface area contributed by atoms with Gasteiger partial charge in [-0.2, -0.15) is 0 Å². The summed E-state index contributed by atoms with van der Waals surface area (Å²) in [5.74, 6) is 1.27. The number of nitrogens with one attached hydrogen (secondary N) is 1. The van der Waals surface area contributed by atoms with Gasteiger partial charge in [0.25, 0.3) is 0 Å². The van der Waals surface area contributed by atoms with Crippen molar-refractivity contribution < 1.29 is 9.47 Å². The minimum atomic E-state index is 0.208. The molecule has 0 amide bonds. The van der Waals surface area contributed by atoms with Crippen LogP contribution in [0.15, 0.2) is 24.4 Å². The summed E-state index contributed by atoms with van der Waals surface area (Å²) >= 11 is 12.2. The Morgan fingerprint density at radius 2 is 2.15 bits per heavy atom. The fourth-order valence-corrected chi connectivity index (χ4v) is 2.61. The Labute approximate surface area is 126 Å². The average Bonchev–Trinajstić information content (AvgIpc) is 2.87. The van der Waals surface area contributed by atoms with Crippen LogP contribution in [0.1, 0.15) is 11.1 Å². The van der Waals surface area contributed by atoms with Gasteiger partial charge in [0.1, 0.15) is 0 Å². The van der Waals surface area contributed by atoms with Crippen molar-refractivity contribution >= 4 is 28.9 Å². The van der Waals surface area contributed by atoms with Gasteiger partial charge in [-0.25, -0.2) is 4.98 Å². The van der Waals surface area contributed by atoms with Crippen molar-refractivity contribution in [3.8, 4) is 11.5 Å². The van der Waals surface area contributed by atoms with E-state index >= 15 is 0 Å². The van der Waals surface area contributed by atoms with Crippen LogP contribution < -0.4 is 14.8 Å². The Bertz CT molecular complexity index is 642. The number of benzene rings is 1. The molecule has 0 bridgehead atoms. The standard InChI is InChI=1S/C14H12Cl2N2O2/c1-8-2-3-17-14(16)12(8)18-6-9-4-10(15)13-11(5-9)19-7-20-13/h2-5,18H,6-7H2,1H3. The molecule has 3 rings (SSSR count). The lowest BCUT2D eigenvalue weighted by Crippen LogP contribution is -2.02. The van der Waals surface area contributed by atoms with Gasteiger partial charge in [-0.1, -0.05) is 23.2 Å². The molecule has 2 heterocycles. The summed E-state index contributed by atoms with van der Waals surface area (Å²) in [4.78, 5) is 4.06. The second-order valence-electron chi connectivity index (χ2n) is 4.46. The van der Waals surface area contributed by atoms with Crippen LogP contribution in [-0.2, 0) is 6.54 Å². The molecular weight excluding hydrogens is 299 g/mol. The van der Waals surface area contributed by atoms with E-state index in [0.29, 0.717) is 28.2 Å². The third-order valence-electron chi connectivity index (χ3n) is 3.07. The molecule has 1 aromatic carbocycles. The first kappa shape index (κ1) is 13.3. The Hall–Kier alpha value is -1.65. The number of pyridine rings is 1. The molecule has 4 nitrogen and oxygen atoms in total. The Morgan fingerprint density at radius 3 is 2.95 bits per heavy atom. The van der Waals surface area contributed by atoms with Gasteiger partial charge in [0, 0.05) is 12.7 Å². The van der Waals surface area contributed by atoms with Gasteiger partial charge in [0.05, 0.1) is 10.7 Å². The molecule has 0 spiro atoms. The predicted molar refractivity (Wildman–Crippen MR) is 78.9 cm³/mol. The molecule has 1 aliphatic rings. The monoisotopic (exact) mass is 310 g/mol. The third-order valence-corrected chi connectivity index (χ3v) is 3.64. The van der Waals surface area contributed by atoms with Gasteiger partial charge in [-0.05, 0) is 36.2 Å². The summed E-state index contributed by atoms with van der Waals surface area (Å²) in [6.07, 6.45) is 1.68. The van der Waals surface area contributed by atoms with E-state index in [-0.39, 0.29) is 6.79 Å². The molecule has 0 aliphatic carbocycles. The molecule has 6 heteroatoms. The van der Waals surface area contributed by atoms with Gasteiger partial charge in [0.15, 0.2) is 16.7 Å². The molecule has 0 fully saturated rings. The smallest absolute Gasteiger partial charge is 0.231 e. The lowest BCUT2D eigenvalue weighted by Gasteiger charge is -2.11. The Balaban J connectivity index is 1.81. The highest BCUT2D eigenvalue weighted by atomic mass is 35.5. The lowest BCUT2D eigenvalue weighted by molar-refractivity contribution is 0.174. The second kappa shape index (κ2) is 5.38. The zero-order valence-corrected chi connectivity index (χ0v) is 12.3. The number of hydrogen-bond acceptors (Lipinski definition) is 4. The number of aromatic nitrogens is 1. The predicted octanol–water partition coefficient (Wildman–Crippen LogP) is 4.04. The van der Waals surface area contributed by atoms with Crippen molar-refractivity contribution in [2.24, 2.45) is 0 Å². The highest BCUT2D eigenvalue weighted by Gasteiger charge is 2.18. The number of nitrogens with zero attached hydrogens (tertiary/aromatic N) is 1. The number of halogens is 2. The van der Waals surface area contributed by atoms with Crippen LogP contribution >= 0.6 is 23.2 Å². The summed E-state index contributed by atoms with van der Waals surface area (Å²) < 4.78 is 10.6. The van der Waals surface area contributed by atoms with Crippen LogP contribution in [0.3, 0.4) is 0 Å². The summed E-state index contributed by atoms with van der Waals surface area (Å²) in [6.45, 7) is 2.75. The molecule has 104 valence electrons. The van der Waals surface area contributed by atoms with Gasteiger partial charge in [-0.3, -0.25) is 0 Å². The molecule has 0 unspecified atom stereocenters. The number of fused-ring (bicyclic) bond motifs is 1. The van der Waals surface area contributed by atoms with Crippen molar-refractivity contribution in [2.75, 3.05) is 12.1 Å². The zero-order chi connectivity index (χ0) is 14.1. The summed E-state index contributed by atoms with van der Waals surface area (Å²) in [5, 5.41) is 4.27. The van der Waals surface area contributed by atoms with Crippen LogP contribution in [0.25, 0.3) is 0 Å². The highest BCUT2D eigenvalue weighted by molar-refractivity contribution is 6.32. The van der Waals surface area contributed by atoms with E-state index in [1.165, 1.54) is 0 Å². The van der Waals surface area contributed by atoms with Crippen molar-refractivity contribution in [3.05, 3.63) is 45.7 Å². The van der Waals surface area contributed by atoms with E-state index in [1.54, 1.807) is 6.20 Å². The fourth-order valence-electron chi connectivity index (χ4n) is 2.05. The van der Waals surface area contributed by atoms with E-state index in [1.807, 2.05) is 25.1 Å². The summed E-state index contributed by atoms with van der Waals surface area (Å²) in [6, 6.07) is 5.66.